The molecular weight excluding hydrogens is 288 g/mol. The zero-order valence-electron chi connectivity index (χ0n) is 11.1. The molecule has 1 heterocycles. The van der Waals surface area contributed by atoms with Crippen molar-refractivity contribution in [3.8, 4) is 0 Å². The molecule has 21 heavy (non-hydrogen) atoms. The van der Waals surface area contributed by atoms with Crippen molar-refractivity contribution < 1.29 is 9.59 Å². The minimum absolute atomic E-state index is 0.228. The lowest BCUT2D eigenvalue weighted by atomic mass is 10.1. The van der Waals surface area contributed by atoms with Crippen molar-refractivity contribution in [2.75, 3.05) is 5.32 Å². The normalized spacial score (nSPS) is 17.5. The van der Waals surface area contributed by atoms with Crippen LogP contribution < -0.4 is 10.6 Å². The molecule has 1 aliphatic heterocycles. The fourth-order valence-electron chi connectivity index (χ4n) is 2.33. The van der Waals surface area contributed by atoms with Gasteiger partial charge in [0.15, 0.2) is 0 Å². The van der Waals surface area contributed by atoms with E-state index in [1.165, 1.54) is 0 Å². The van der Waals surface area contributed by atoms with Crippen LogP contribution in [-0.4, -0.2) is 17.9 Å². The Morgan fingerprint density at radius 1 is 1.05 bits per heavy atom. The van der Waals surface area contributed by atoms with Crippen molar-refractivity contribution in [1.29, 1.82) is 0 Å². The van der Waals surface area contributed by atoms with Crippen LogP contribution >= 0.6 is 11.6 Å². The van der Waals surface area contributed by atoms with E-state index in [0.29, 0.717) is 22.7 Å². The molecule has 3 rings (SSSR count). The van der Waals surface area contributed by atoms with Crippen LogP contribution in [0.25, 0.3) is 0 Å². The first-order chi connectivity index (χ1) is 10.1. The minimum atomic E-state index is -0.605. The maximum Gasteiger partial charge on any atom is 0.254 e. The average Bonchev–Trinajstić information content (AvgIpc) is 2.59. The third-order valence-electron chi connectivity index (χ3n) is 3.39. The lowest BCUT2D eigenvalue weighted by Crippen LogP contribution is -2.42. The highest BCUT2D eigenvalue weighted by molar-refractivity contribution is 6.31. The predicted molar refractivity (Wildman–Crippen MR) is 81.5 cm³/mol. The smallest absolute Gasteiger partial charge is 0.254 e. The number of benzene rings is 2. The second-order valence-electron chi connectivity index (χ2n) is 4.89. The fraction of sp³-hybridized carbons (Fsp3) is 0.125. The first-order valence-electron chi connectivity index (χ1n) is 6.59. The number of carbonyl (C=O) groups is 2. The molecule has 5 heteroatoms. The van der Waals surface area contributed by atoms with Crippen LogP contribution in [0.1, 0.15) is 15.9 Å². The SMILES string of the molecule is O=C1NC(Cc2ccccc2)C(=O)Nc2ccc(Cl)cc21. The number of halogens is 1. The van der Waals surface area contributed by atoms with Gasteiger partial charge in [-0.3, -0.25) is 9.59 Å². The molecule has 2 aromatic rings. The minimum Gasteiger partial charge on any atom is -0.340 e. The Morgan fingerprint density at radius 2 is 1.81 bits per heavy atom. The first kappa shape index (κ1) is 13.6. The lowest BCUT2D eigenvalue weighted by Gasteiger charge is -2.14. The number of carbonyl (C=O) groups excluding carboxylic acids is 2. The Balaban J connectivity index is 1.87. The van der Waals surface area contributed by atoms with Gasteiger partial charge in [0, 0.05) is 11.4 Å². The van der Waals surface area contributed by atoms with Gasteiger partial charge in [-0.05, 0) is 23.8 Å². The average molecular weight is 301 g/mol. The quantitative estimate of drug-likeness (QED) is 0.896. The Labute approximate surface area is 127 Å². The van der Waals surface area contributed by atoms with Crippen LogP contribution in [0, 0.1) is 0 Å². The number of rotatable bonds is 2. The van der Waals surface area contributed by atoms with Gasteiger partial charge in [0.05, 0.1) is 11.3 Å². The molecular formula is C16H13ClN2O2. The van der Waals surface area contributed by atoms with Gasteiger partial charge >= 0.3 is 0 Å². The van der Waals surface area contributed by atoms with Crippen LogP contribution in [0.4, 0.5) is 5.69 Å². The molecule has 0 saturated heterocycles. The Morgan fingerprint density at radius 3 is 2.57 bits per heavy atom. The maximum atomic E-state index is 12.3. The topological polar surface area (TPSA) is 58.2 Å². The van der Waals surface area contributed by atoms with Gasteiger partial charge in [-0.1, -0.05) is 41.9 Å². The first-order valence-corrected chi connectivity index (χ1v) is 6.96. The summed E-state index contributed by atoms with van der Waals surface area (Å²) in [6, 6.07) is 13.8. The largest absolute Gasteiger partial charge is 0.340 e. The molecule has 0 bridgehead atoms. The van der Waals surface area contributed by atoms with E-state index in [9.17, 15) is 9.59 Å². The predicted octanol–water partition coefficient (Wildman–Crippen LogP) is 2.63. The van der Waals surface area contributed by atoms with E-state index >= 15 is 0 Å². The van der Waals surface area contributed by atoms with Gasteiger partial charge in [0.25, 0.3) is 5.91 Å². The molecule has 2 N–H and O–H groups in total. The number of nitrogens with one attached hydrogen (secondary N) is 2. The molecule has 2 aromatic carbocycles. The molecule has 4 nitrogen and oxygen atoms in total. The summed E-state index contributed by atoms with van der Waals surface area (Å²) in [5, 5.41) is 5.98. The van der Waals surface area contributed by atoms with Crippen molar-refractivity contribution in [1.82, 2.24) is 5.32 Å². The van der Waals surface area contributed by atoms with Crippen LogP contribution in [0.5, 0.6) is 0 Å². The second kappa shape index (κ2) is 5.58. The third-order valence-corrected chi connectivity index (χ3v) is 3.62. The van der Waals surface area contributed by atoms with E-state index < -0.39 is 6.04 Å². The van der Waals surface area contributed by atoms with Crippen LogP contribution in [0.15, 0.2) is 48.5 Å². The molecule has 0 aliphatic carbocycles. The van der Waals surface area contributed by atoms with Gasteiger partial charge in [-0.2, -0.15) is 0 Å². The van der Waals surface area contributed by atoms with E-state index in [-0.39, 0.29) is 11.8 Å². The molecule has 0 saturated carbocycles. The van der Waals surface area contributed by atoms with E-state index in [0.717, 1.165) is 5.56 Å². The number of fused-ring (bicyclic) bond motifs is 1. The van der Waals surface area contributed by atoms with Crippen molar-refractivity contribution in [3.63, 3.8) is 0 Å². The van der Waals surface area contributed by atoms with Crippen molar-refractivity contribution in [3.05, 3.63) is 64.7 Å². The summed E-state index contributed by atoms with van der Waals surface area (Å²) >= 11 is 5.91. The Bertz CT molecular complexity index is 701. The molecule has 2 amide bonds. The highest BCUT2D eigenvalue weighted by Crippen LogP contribution is 2.23. The highest BCUT2D eigenvalue weighted by atomic mass is 35.5. The maximum absolute atomic E-state index is 12.3. The van der Waals surface area contributed by atoms with Crippen molar-refractivity contribution in [2.24, 2.45) is 0 Å². The Hall–Kier alpha value is -2.33. The standard InChI is InChI=1S/C16H13ClN2O2/c17-11-6-7-13-12(9-11)15(20)19-14(16(21)18-13)8-10-4-2-1-3-5-10/h1-7,9,14H,8H2,(H,18,21)(H,19,20). The van der Waals surface area contributed by atoms with Crippen molar-refractivity contribution in [2.45, 2.75) is 12.5 Å². The summed E-state index contributed by atoms with van der Waals surface area (Å²) in [5.74, 6) is -0.528. The molecule has 1 atom stereocenters. The van der Waals surface area contributed by atoms with E-state index in [1.807, 2.05) is 30.3 Å². The van der Waals surface area contributed by atoms with E-state index in [2.05, 4.69) is 10.6 Å². The van der Waals surface area contributed by atoms with Crippen LogP contribution in [-0.2, 0) is 11.2 Å². The van der Waals surface area contributed by atoms with Crippen LogP contribution in [0.3, 0.4) is 0 Å². The van der Waals surface area contributed by atoms with Gasteiger partial charge in [-0.15, -0.1) is 0 Å². The molecule has 0 spiro atoms. The summed E-state index contributed by atoms with van der Waals surface area (Å²) in [6.07, 6.45) is 0.445. The molecule has 1 unspecified atom stereocenters. The Kier molecular flexibility index (Phi) is 3.62. The molecule has 0 radical (unpaired) electrons. The van der Waals surface area contributed by atoms with Gasteiger partial charge in [0.1, 0.15) is 6.04 Å². The second-order valence-corrected chi connectivity index (χ2v) is 5.33. The summed E-state index contributed by atoms with van der Waals surface area (Å²) in [5.41, 5.74) is 1.85. The summed E-state index contributed by atoms with van der Waals surface area (Å²) in [4.78, 5) is 24.5. The van der Waals surface area contributed by atoms with Gasteiger partial charge in [0.2, 0.25) is 5.91 Å². The number of hydrogen-bond acceptors (Lipinski definition) is 2. The monoisotopic (exact) mass is 300 g/mol. The lowest BCUT2D eigenvalue weighted by molar-refractivity contribution is -0.117. The number of amides is 2. The third kappa shape index (κ3) is 2.90. The van der Waals surface area contributed by atoms with Crippen molar-refractivity contribution >= 4 is 29.1 Å². The number of hydrogen-bond donors (Lipinski definition) is 2. The summed E-state index contributed by atoms with van der Waals surface area (Å²) < 4.78 is 0. The van der Waals surface area contributed by atoms with E-state index in [1.54, 1.807) is 18.2 Å². The highest BCUT2D eigenvalue weighted by Gasteiger charge is 2.27. The molecule has 106 valence electrons. The molecule has 0 aromatic heterocycles. The fourth-order valence-corrected chi connectivity index (χ4v) is 2.50. The van der Waals surface area contributed by atoms with E-state index in [4.69, 9.17) is 11.6 Å². The van der Waals surface area contributed by atoms with Crippen LogP contribution in [0.2, 0.25) is 5.02 Å². The zero-order valence-corrected chi connectivity index (χ0v) is 11.9. The molecule has 0 fully saturated rings. The summed E-state index contributed by atoms with van der Waals surface area (Å²) in [7, 11) is 0. The van der Waals surface area contributed by atoms with Gasteiger partial charge < -0.3 is 10.6 Å². The van der Waals surface area contributed by atoms with Gasteiger partial charge in [-0.25, -0.2) is 0 Å². The zero-order chi connectivity index (χ0) is 14.8. The number of anilines is 1. The summed E-state index contributed by atoms with van der Waals surface area (Å²) in [6.45, 7) is 0. The molecule has 1 aliphatic rings.